The third-order valence-corrected chi connectivity index (χ3v) is 6.60. The van der Waals surface area contributed by atoms with Crippen molar-refractivity contribution in [3.63, 3.8) is 0 Å². The van der Waals surface area contributed by atoms with Crippen molar-refractivity contribution in [3.05, 3.63) is 24.3 Å². The van der Waals surface area contributed by atoms with Crippen LogP contribution in [-0.2, 0) is 4.79 Å². The summed E-state index contributed by atoms with van der Waals surface area (Å²) in [6.45, 7) is 4.79. The Balaban J connectivity index is 1.18. The zero-order valence-corrected chi connectivity index (χ0v) is 16.3. The molecule has 0 bridgehead atoms. The van der Waals surface area contributed by atoms with E-state index in [4.69, 9.17) is 15.2 Å². The van der Waals surface area contributed by atoms with Gasteiger partial charge >= 0.3 is 0 Å². The van der Waals surface area contributed by atoms with Crippen molar-refractivity contribution in [3.8, 4) is 11.5 Å². The lowest BCUT2D eigenvalue weighted by molar-refractivity contribution is -0.153. The lowest BCUT2D eigenvalue weighted by Crippen LogP contribution is -2.69. The van der Waals surface area contributed by atoms with Crippen LogP contribution in [0.3, 0.4) is 0 Å². The van der Waals surface area contributed by atoms with Gasteiger partial charge in [-0.05, 0) is 43.2 Å². The SMILES string of the molecule is COc1cccc(OCCN2CCN(C(=O)C3(N)CC4(CCC4)C3)CC2)c1. The van der Waals surface area contributed by atoms with E-state index in [1.165, 1.54) is 19.3 Å². The first-order valence-corrected chi connectivity index (χ1v) is 10.1. The Kier molecular flexibility index (Phi) is 5.03. The van der Waals surface area contributed by atoms with Gasteiger partial charge in [-0.1, -0.05) is 12.5 Å². The molecule has 1 saturated heterocycles. The molecule has 2 aliphatic carbocycles. The fraction of sp³-hybridized carbons (Fsp3) is 0.667. The fourth-order valence-electron chi connectivity index (χ4n) is 4.94. The second-order valence-corrected chi connectivity index (χ2v) is 8.52. The fourth-order valence-corrected chi connectivity index (χ4v) is 4.94. The lowest BCUT2D eigenvalue weighted by Gasteiger charge is -2.59. The third-order valence-electron chi connectivity index (χ3n) is 6.60. The van der Waals surface area contributed by atoms with Crippen LogP contribution in [0.15, 0.2) is 24.3 Å². The molecule has 3 fully saturated rings. The first kappa shape index (κ1) is 18.6. The van der Waals surface area contributed by atoms with Crippen molar-refractivity contribution >= 4 is 5.91 Å². The van der Waals surface area contributed by atoms with Gasteiger partial charge in [0.25, 0.3) is 0 Å². The molecule has 1 aromatic rings. The van der Waals surface area contributed by atoms with E-state index >= 15 is 0 Å². The number of hydrogen-bond acceptors (Lipinski definition) is 5. The van der Waals surface area contributed by atoms with Gasteiger partial charge in [0.05, 0.1) is 12.6 Å². The minimum Gasteiger partial charge on any atom is -0.497 e. The predicted molar refractivity (Wildman–Crippen MR) is 104 cm³/mol. The maximum atomic E-state index is 12.8. The Bertz CT molecular complexity index is 673. The molecule has 4 rings (SSSR count). The monoisotopic (exact) mass is 373 g/mol. The van der Waals surface area contributed by atoms with Gasteiger partial charge in [0.2, 0.25) is 5.91 Å². The maximum Gasteiger partial charge on any atom is 0.242 e. The lowest BCUT2D eigenvalue weighted by atomic mass is 9.48. The molecule has 1 heterocycles. The van der Waals surface area contributed by atoms with Gasteiger partial charge in [0, 0.05) is 38.8 Å². The van der Waals surface area contributed by atoms with Gasteiger partial charge in [-0.2, -0.15) is 0 Å². The Morgan fingerprint density at radius 3 is 2.48 bits per heavy atom. The van der Waals surface area contributed by atoms with Crippen LogP contribution in [0.2, 0.25) is 0 Å². The van der Waals surface area contributed by atoms with E-state index in [1.54, 1.807) is 7.11 Å². The molecule has 2 saturated carbocycles. The summed E-state index contributed by atoms with van der Waals surface area (Å²) >= 11 is 0. The minimum absolute atomic E-state index is 0.173. The number of amides is 1. The predicted octanol–water partition coefficient (Wildman–Crippen LogP) is 1.88. The summed E-state index contributed by atoms with van der Waals surface area (Å²) in [5.74, 6) is 1.80. The molecule has 6 heteroatoms. The molecule has 2 N–H and O–H groups in total. The van der Waals surface area contributed by atoms with Gasteiger partial charge in [-0.3, -0.25) is 9.69 Å². The molecule has 0 radical (unpaired) electrons. The van der Waals surface area contributed by atoms with Crippen molar-refractivity contribution in [1.82, 2.24) is 9.80 Å². The number of benzene rings is 1. The molecule has 0 atom stereocenters. The number of nitrogens with zero attached hydrogens (tertiary/aromatic N) is 2. The van der Waals surface area contributed by atoms with Crippen LogP contribution >= 0.6 is 0 Å². The van der Waals surface area contributed by atoms with E-state index in [-0.39, 0.29) is 5.91 Å². The summed E-state index contributed by atoms with van der Waals surface area (Å²) in [5, 5.41) is 0. The maximum absolute atomic E-state index is 12.8. The van der Waals surface area contributed by atoms with Crippen molar-refractivity contribution in [1.29, 1.82) is 0 Å². The number of hydrogen-bond donors (Lipinski definition) is 1. The summed E-state index contributed by atoms with van der Waals surface area (Å²) in [5.41, 5.74) is 6.27. The number of methoxy groups -OCH3 is 1. The van der Waals surface area contributed by atoms with Crippen LogP contribution in [0.5, 0.6) is 11.5 Å². The van der Waals surface area contributed by atoms with Gasteiger partial charge in [-0.15, -0.1) is 0 Å². The van der Waals surface area contributed by atoms with E-state index in [2.05, 4.69) is 4.90 Å². The number of carbonyl (C=O) groups excluding carboxylic acids is 1. The summed E-state index contributed by atoms with van der Waals surface area (Å²) in [7, 11) is 1.65. The zero-order chi connectivity index (χ0) is 18.9. The number of carbonyl (C=O) groups is 1. The second-order valence-electron chi connectivity index (χ2n) is 8.52. The number of rotatable bonds is 6. The van der Waals surface area contributed by atoms with Crippen molar-refractivity contribution in [2.24, 2.45) is 11.1 Å². The molecule has 0 unspecified atom stereocenters. The van der Waals surface area contributed by atoms with Gasteiger partial charge < -0.3 is 20.1 Å². The molecule has 27 heavy (non-hydrogen) atoms. The van der Waals surface area contributed by atoms with E-state index in [9.17, 15) is 4.79 Å². The molecule has 0 aromatic heterocycles. The normalized spacial score (nSPS) is 23.4. The van der Waals surface area contributed by atoms with E-state index in [1.807, 2.05) is 29.2 Å². The molecule has 1 amide bonds. The van der Waals surface area contributed by atoms with Crippen LogP contribution < -0.4 is 15.2 Å². The van der Waals surface area contributed by atoms with Crippen LogP contribution in [-0.4, -0.2) is 67.7 Å². The second kappa shape index (κ2) is 7.32. The summed E-state index contributed by atoms with van der Waals surface area (Å²) in [4.78, 5) is 17.2. The Morgan fingerprint density at radius 1 is 1.15 bits per heavy atom. The third kappa shape index (κ3) is 3.78. The topological polar surface area (TPSA) is 68.0 Å². The van der Waals surface area contributed by atoms with Gasteiger partial charge in [0.1, 0.15) is 18.1 Å². The van der Waals surface area contributed by atoms with E-state index in [0.717, 1.165) is 57.1 Å². The van der Waals surface area contributed by atoms with Crippen molar-refractivity contribution in [2.45, 2.75) is 37.6 Å². The molecule has 6 nitrogen and oxygen atoms in total. The first-order valence-electron chi connectivity index (χ1n) is 10.1. The highest BCUT2D eigenvalue weighted by Gasteiger charge is 2.59. The van der Waals surface area contributed by atoms with Crippen LogP contribution in [0.25, 0.3) is 0 Å². The largest absolute Gasteiger partial charge is 0.497 e. The van der Waals surface area contributed by atoms with E-state index in [0.29, 0.717) is 12.0 Å². The molecular weight excluding hydrogens is 342 g/mol. The Labute approximate surface area is 161 Å². The number of nitrogens with two attached hydrogens (primary N) is 1. The Morgan fingerprint density at radius 2 is 1.85 bits per heavy atom. The van der Waals surface area contributed by atoms with Crippen molar-refractivity contribution in [2.75, 3.05) is 46.4 Å². The molecule has 1 aromatic carbocycles. The van der Waals surface area contributed by atoms with Gasteiger partial charge in [0.15, 0.2) is 0 Å². The minimum atomic E-state index is -0.585. The molecular formula is C21H31N3O3. The van der Waals surface area contributed by atoms with Crippen LogP contribution in [0.1, 0.15) is 32.1 Å². The average molecular weight is 373 g/mol. The average Bonchev–Trinajstić information content (AvgIpc) is 2.64. The Hall–Kier alpha value is -1.79. The van der Waals surface area contributed by atoms with Gasteiger partial charge in [-0.25, -0.2) is 0 Å². The molecule has 3 aliphatic rings. The van der Waals surface area contributed by atoms with Crippen molar-refractivity contribution < 1.29 is 14.3 Å². The summed E-state index contributed by atoms with van der Waals surface area (Å²) in [6.07, 6.45) is 5.63. The first-order chi connectivity index (χ1) is 13.0. The zero-order valence-electron chi connectivity index (χ0n) is 16.3. The van der Waals surface area contributed by atoms with Crippen LogP contribution in [0.4, 0.5) is 0 Å². The molecule has 148 valence electrons. The summed E-state index contributed by atoms with van der Waals surface area (Å²) in [6, 6.07) is 7.66. The smallest absolute Gasteiger partial charge is 0.242 e. The number of piperazine rings is 1. The molecule has 1 spiro atoms. The highest BCUT2D eigenvalue weighted by atomic mass is 16.5. The quantitative estimate of drug-likeness (QED) is 0.825. The van der Waals surface area contributed by atoms with Crippen LogP contribution in [0, 0.1) is 5.41 Å². The highest BCUT2D eigenvalue weighted by Crippen LogP contribution is 2.59. The highest BCUT2D eigenvalue weighted by molar-refractivity contribution is 5.87. The standard InChI is InChI=1S/C21H31N3O3/c1-26-17-4-2-5-18(14-17)27-13-12-23-8-10-24(11-9-23)19(25)21(22)15-20(16-21)6-3-7-20/h2,4-5,14H,3,6-13,15-16,22H2,1H3. The van der Waals surface area contributed by atoms with E-state index < -0.39 is 5.54 Å². The number of ether oxygens (including phenoxy) is 2. The summed E-state index contributed by atoms with van der Waals surface area (Å²) < 4.78 is 11.0. The molecule has 1 aliphatic heterocycles.